The molecule has 2 amide bonds. The monoisotopic (exact) mass is 569 g/mol. The molecular weight excluding hydrogens is 530 g/mol. The molecule has 1 fully saturated rings. The zero-order valence-corrected chi connectivity index (χ0v) is 25.2. The normalized spacial score (nSPS) is 16.9. The third-order valence-electron chi connectivity index (χ3n) is 6.13. The van der Waals surface area contributed by atoms with Crippen LogP contribution in [0.4, 0.5) is 4.79 Å². The van der Waals surface area contributed by atoms with E-state index in [0.717, 1.165) is 28.8 Å². The Labute approximate surface area is 240 Å². The maximum atomic E-state index is 12.5. The van der Waals surface area contributed by atoms with Gasteiger partial charge in [-0.3, -0.25) is 14.4 Å². The molecule has 2 atom stereocenters. The molecule has 0 saturated heterocycles. The highest BCUT2D eigenvalue weighted by molar-refractivity contribution is 8.15. The molecule has 2 aromatic carbocycles. The Balaban J connectivity index is 0.000000342. The molecule has 216 valence electrons. The summed E-state index contributed by atoms with van der Waals surface area (Å²) >= 11 is 1.11. The lowest BCUT2D eigenvalue weighted by Gasteiger charge is -2.09. The Hall–Kier alpha value is -3.79. The Morgan fingerprint density at radius 1 is 1.05 bits per heavy atom. The lowest BCUT2D eigenvalue weighted by atomic mass is 10.1. The maximum absolute atomic E-state index is 12.5. The third-order valence-corrected chi connectivity index (χ3v) is 6.77. The second-order valence-corrected chi connectivity index (χ2v) is 11.0. The summed E-state index contributed by atoms with van der Waals surface area (Å²) in [4.78, 5) is 40.2. The van der Waals surface area contributed by atoms with Gasteiger partial charge in [0.05, 0.1) is 5.92 Å². The number of carbonyl (C=O) groups excluding carboxylic acids is 3. The lowest BCUT2D eigenvalue weighted by molar-refractivity contribution is -0.147. The quantitative estimate of drug-likeness (QED) is 0.111. The summed E-state index contributed by atoms with van der Waals surface area (Å²) in [5, 5.41) is 5.74. The fraction of sp³-hybridized carbons (Fsp3) is 0.400. The van der Waals surface area contributed by atoms with E-state index in [2.05, 4.69) is 49.1 Å². The van der Waals surface area contributed by atoms with Crippen molar-refractivity contribution in [2.75, 3.05) is 27.4 Å². The van der Waals surface area contributed by atoms with Crippen LogP contribution in [-0.2, 0) is 25.8 Å². The molecule has 1 saturated carbocycles. The summed E-state index contributed by atoms with van der Waals surface area (Å²) in [7, 11) is 4.59. The molecule has 1 N–H and O–H groups in total. The maximum Gasteiger partial charge on any atom is 0.433 e. The van der Waals surface area contributed by atoms with Crippen molar-refractivity contribution in [1.82, 2.24) is 10.2 Å². The minimum Gasteiger partial charge on any atom is -0.461 e. The molecule has 2 aromatic rings. The van der Waals surface area contributed by atoms with Gasteiger partial charge >= 0.3 is 12.1 Å². The van der Waals surface area contributed by atoms with Crippen molar-refractivity contribution in [2.45, 2.75) is 34.3 Å². The van der Waals surface area contributed by atoms with E-state index in [4.69, 9.17) is 9.47 Å². The number of hydrogen-bond acceptors (Lipinski definition) is 8. The smallest absolute Gasteiger partial charge is 0.433 e. The molecule has 1 aliphatic rings. The number of para-hydroxylation sites is 1. The molecule has 3 rings (SSSR count). The zero-order valence-electron chi connectivity index (χ0n) is 24.4. The van der Waals surface area contributed by atoms with Gasteiger partial charge in [0.2, 0.25) is 5.04 Å². The first-order valence-corrected chi connectivity index (χ1v) is 14.0. The zero-order chi connectivity index (χ0) is 29.9. The standard InChI is InChI=1S/C23H26O3.C7H13N3O3S/c1-16(2)13-20-21(23(20,3)4)22(24)25-15-17-9-8-12-19(14-17)26-18-10-6-5-7-11-18;1-8-7(12)13-9-5(14-4)6(11)10(2)3/h5-14,20-21H,15H2,1-4H3;1-4H3,(H,8,12)/b;9-5+. The minimum absolute atomic E-state index is 0.0212. The first kappa shape index (κ1) is 32.4. The van der Waals surface area contributed by atoms with E-state index in [0.29, 0.717) is 0 Å². The molecule has 2 unspecified atom stereocenters. The van der Waals surface area contributed by atoms with Crippen molar-refractivity contribution in [3.8, 4) is 11.5 Å². The van der Waals surface area contributed by atoms with E-state index in [9.17, 15) is 14.4 Å². The fourth-order valence-corrected chi connectivity index (χ4v) is 4.32. The average molecular weight is 570 g/mol. The molecule has 9 nitrogen and oxygen atoms in total. The van der Waals surface area contributed by atoms with E-state index in [-0.39, 0.29) is 40.8 Å². The Kier molecular flexibility index (Phi) is 12.3. The van der Waals surface area contributed by atoms with Crippen molar-refractivity contribution in [2.24, 2.45) is 22.4 Å². The molecule has 0 aliphatic heterocycles. The van der Waals surface area contributed by atoms with E-state index in [1.807, 2.05) is 54.6 Å². The van der Waals surface area contributed by atoms with Crippen molar-refractivity contribution >= 4 is 34.8 Å². The van der Waals surface area contributed by atoms with Crippen LogP contribution >= 0.6 is 11.8 Å². The van der Waals surface area contributed by atoms with Gasteiger partial charge in [0.1, 0.15) is 18.1 Å². The predicted molar refractivity (Wildman–Crippen MR) is 158 cm³/mol. The second-order valence-electron chi connectivity index (χ2n) is 10.2. The molecule has 0 heterocycles. The summed E-state index contributed by atoms with van der Waals surface area (Å²) in [5.41, 5.74) is 2.14. The van der Waals surface area contributed by atoms with Gasteiger partial charge in [0.25, 0.3) is 5.91 Å². The summed E-state index contributed by atoms with van der Waals surface area (Å²) in [6, 6.07) is 17.3. The fourth-order valence-electron chi connectivity index (χ4n) is 3.85. The number of carbonyl (C=O) groups is 3. The van der Waals surface area contributed by atoms with Gasteiger partial charge < -0.3 is 19.7 Å². The van der Waals surface area contributed by atoms with Crippen LogP contribution in [0, 0.1) is 17.3 Å². The Bertz CT molecular complexity index is 1220. The van der Waals surface area contributed by atoms with Crippen molar-refractivity contribution in [3.63, 3.8) is 0 Å². The van der Waals surface area contributed by atoms with Crippen molar-refractivity contribution in [1.29, 1.82) is 0 Å². The van der Waals surface area contributed by atoms with Gasteiger partial charge in [-0.1, -0.05) is 61.0 Å². The molecule has 0 spiro atoms. The molecule has 10 heteroatoms. The van der Waals surface area contributed by atoms with E-state index >= 15 is 0 Å². The first-order chi connectivity index (χ1) is 18.9. The van der Waals surface area contributed by atoms with Crippen LogP contribution in [0.15, 0.2) is 71.4 Å². The lowest BCUT2D eigenvalue weighted by Crippen LogP contribution is -2.28. The first-order valence-electron chi connectivity index (χ1n) is 12.8. The predicted octanol–water partition coefficient (Wildman–Crippen LogP) is 5.87. The van der Waals surface area contributed by atoms with Gasteiger partial charge in [-0.05, 0) is 61.3 Å². The van der Waals surface area contributed by atoms with E-state index < -0.39 is 6.09 Å². The second kappa shape index (κ2) is 15.1. The Morgan fingerprint density at radius 2 is 1.70 bits per heavy atom. The van der Waals surface area contributed by atoms with Crippen molar-refractivity contribution in [3.05, 3.63) is 71.8 Å². The number of esters is 1. The highest BCUT2D eigenvalue weighted by Crippen LogP contribution is 2.59. The topological polar surface area (TPSA) is 107 Å². The number of thioether (sulfide) groups is 1. The summed E-state index contributed by atoms with van der Waals surface area (Å²) in [6.45, 7) is 8.64. The van der Waals surface area contributed by atoms with Gasteiger partial charge in [0, 0.05) is 21.1 Å². The molecular formula is C30H39N3O6S. The number of nitrogens with one attached hydrogen (secondary N) is 1. The molecule has 0 radical (unpaired) electrons. The number of allylic oxidation sites excluding steroid dienone is 2. The third kappa shape index (κ3) is 9.75. The van der Waals surface area contributed by atoms with Crippen LogP contribution in [0.2, 0.25) is 0 Å². The van der Waals surface area contributed by atoms with Gasteiger partial charge in [-0.2, -0.15) is 0 Å². The summed E-state index contributed by atoms with van der Waals surface area (Å²) in [6.07, 6.45) is 3.15. The number of rotatable bonds is 7. The molecule has 0 aromatic heterocycles. The van der Waals surface area contributed by atoms with Crippen LogP contribution in [0.5, 0.6) is 11.5 Å². The van der Waals surface area contributed by atoms with Crippen LogP contribution in [-0.4, -0.2) is 55.3 Å². The SMILES string of the molecule is CC(C)=CC1C(C(=O)OCc2cccc(Oc3ccccc3)c2)C1(C)C.CNC(=O)O/N=C(/SC)C(=O)N(C)C. The van der Waals surface area contributed by atoms with E-state index in [1.165, 1.54) is 17.5 Å². The van der Waals surface area contributed by atoms with Crippen molar-refractivity contribution < 1.29 is 28.7 Å². The van der Waals surface area contributed by atoms with Crippen LogP contribution < -0.4 is 10.1 Å². The highest BCUT2D eigenvalue weighted by Gasteiger charge is 2.61. The number of nitrogens with zero attached hydrogens (tertiary/aromatic N) is 2. The van der Waals surface area contributed by atoms with Crippen LogP contribution in [0.25, 0.3) is 0 Å². The number of oxime groups is 1. The molecule has 0 bridgehead atoms. The number of hydrogen-bond donors (Lipinski definition) is 1. The van der Waals surface area contributed by atoms with Crippen LogP contribution in [0.1, 0.15) is 33.3 Å². The average Bonchev–Trinajstić information content (AvgIpc) is 3.46. The van der Waals surface area contributed by atoms with E-state index in [1.54, 1.807) is 20.4 Å². The van der Waals surface area contributed by atoms with Gasteiger partial charge in [0.15, 0.2) is 0 Å². The molecule has 1 aliphatic carbocycles. The number of amides is 2. The largest absolute Gasteiger partial charge is 0.461 e. The van der Waals surface area contributed by atoms with Gasteiger partial charge in [-0.15, -0.1) is 11.8 Å². The highest BCUT2D eigenvalue weighted by atomic mass is 32.2. The minimum atomic E-state index is -0.705. The summed E-state index contributed by atoms with van der Waals surface area (Å²) < 4.78 is 11.4. The number of ether oxygens (including phenoxy) is 2. The Morgan fingerprint density at radius 3 is 2.27 bits per heavy atom. The van der Waals surface area contributed by atoms with Crippen LogP contribution in [0.3, 0.4) is 0 Å². The summed E-state index contributed by atoms with van der Waals surface area (Å²) in [5.74, 6) is 1.31. The van der Waals surface area contributed by atoms with Gasteiger partial charge in [-0.25, -0.2) is 4.79 Å². The number of benzene rings is 2. The molecule has 40 heavy (non-hydrogen) atoms.